The quantitative estimate of drug-likeness (QED) is 0.362. The van der Waals surface area contributed by atoms with E-state index in [1.165, 1.54) is 52.1 Å². The summed E-state index contributed by atoms with van der Waals surface area (Å²) >= 11 is 1.33. The molecule has 0 radical (unpaired) electrons. The second kappa shape index (κ2) is 11.3. The fourth-order valence-corrected chi connectivity index (χ4v) is 5.85. The number of hydrogen-bond donors (Lipinski definition) is 0. The van der Waals surface area contributed by atoms with E-state index in [9.17, 15) is 13.2 Å². The summed E-state index contributed by atoms with van der Waals surface area (Å²) < 4.78 is 40.5. The van der Waals surface area contributed by atoms with E-state index < -0.39 is 15.9 Å². The molecule has 0 atom stereocenters. The number of carbonyl (C=O) groups excluding carboxylic acids is 1. The zero-order valence-electron chi connectivity index (χ0n) is 19.6. The molecule has 0 saturated heterocycles. The first-order valence-electron chi connectivity index (χ1n) is 10.6. The van der Waals surface area contributed by atoms with Crippen molar-refractivity contribution in [2.75, 3.05) is 27.3 Å². The molecule has 3 rings (SSSR count). The number of ether oxygens (including phenoxy) is 2. The van der Waals surface area contributed by atoms with Crippen molar-refractivity contribution in [1.82, 2.24) is 8.87 Å². The van der Waals surface area contributed by atoms with Crippen molar-refractivity contribution in [3.8, 4) is 11.5 Å². The molecule has 0 spiro atoms. The molecule has 0 N–H and O–H groups in total. The molecule has 1 amide bonds. The van der Waals surface area contributed by atoms with Gasteiger partial charge in [0.1, 0.15) is 0 Å². The summed E-state index contributed by atoms with van der Waals surface area (Å²) in [7, 11) is -0.646. The van der Waals surface area contributed by atoms with E-state index in [0.717, 1.165) is 10.2 Å². The van der Waals surface area contributed by atoms with E-state index in [-0.39, 0.29) is 23.5 Å². The molecule has 0 aliphatic rings. The molecule has 0 unspecified atom stereocenters. The lowest BCUT2D eigenvalue weighted by molar-refractivity contribution is 0.0997. The molecule has 1 aromatic heterocycles. The standard InChI is InChI=1S/C25H27N3O5S2/c1-6-13-27(14-7-2)35(30,31)19-11-9-18(10-12-19)24(29)26-25-28(15-8-3)20-16-21(32-4)22(33-5)17-23(20)34-25/h6-12,16-17H,1-3,13-15H2,4-5H3. The number of rotatable bonds is 11. The smallest absolute Gasteiger partial charge is 0.279 e. The van der Waals surface area contributed by atoms with Crippen molar-refractivity contribution in [2.24, 2.45) is 4.99 Å². The molecule has 0 aliphatic carbocycles. The van der Waals surface area contributed by atoms with Crippen molar-refractivity contribution in [3.63, 3.8) is 0 Å². The maximum atomic E-state index is 13.0. The minimum atomic E-state index is -3.76. The summed E-state index contributed by atoms with van der Waals surface area (Å²) in [6.07, 6.45) is 4.73. The number of sulfonamides is 1. The summed E-state index contributed by atoms with van der Waals surface area (Å²) in [6.45, 7) is 11.7. The zero-order valence-corrected chi connectivity index (χ0v) is 21.3. The largest absolute Gasteiger partial charge is 0.493 e. The number of hydrogen-bond acceptors (Lipinski definition) is 6. The highest BCUT2D eigenvalue weighted by Gasteiger charge is 2.22. The number of thiazole rings is 1. The molecule has 0 saturated carbocycles. The summed E-state index contributed by atoms with van der Waals surface area (Å²) in [6, 6.07) is 9.37. The number of nitrogens with zero attached hydrogens (tertiary/aromatic N) is 3. The van der Waals surface area contributed by atoms with E-state index in [1.54, 1.807) is 20.3 Å². The number of fused-ring (bicyclic) bond motifs is 1. The molecule has 0 aliphatic heterocycles. The van der Waals surface area contributed by atoms with Crippen LogP contribution in [0.4, 0.5) is 0 Å². The van der Waals surface area contributed by atoms with Gasteiger partial charge in [0.2, 0.25) is 10.0 Å². The first kappa shape index (κ1) is 26.1. The number of aromatic nitrogens is 1. The Bertz CT molecular complexity index is 1420. The van der Waals surface area contributed by atoms with Crippen molar-refractivity contribution in [2.45, 2.75) is 11.4 Å². The third-order valence-corrected chi connectivity index (χ3v) is 7.99. The fraction of sp³-hybridized carbons (Fsp3) is 0.200. The van der Waals surface area contributed by atoms with Crippen LogP contribution in [0.15, 0.2) is 84.3 Å². The maximum absolute atomic E-state index is 13.0. The van der Waals surface area contributed by atoms with Gasteiger partial charge in [-0.25, -0.2) is 8.42 Å². The van der Waals surface area contributed by atoms with Gasteiger partial charge in [0.05, 0.1) is 29.3 Å². The number of amides is 1. The summed E-state index contributed by atoms with van der Waals surface area (Å²) in [5.41, 5.74) is 1.09. The number of allylic oxidation sites excluding steroid dienone is 1. The van der Waals surface area contributed by atoms with Crippen LogP contribution in [-0.4, -0.2) is 50.5 Å². The molecular weight excluding hydrogens is 486 g/mol. The lowest BCUT2D eigenvalue weighted by Crippen LogP contribution is -2.31. The van der Waals surface area contributed by atoms with Gasteiger partial charge in [0, 0.05) is 37.3 Å². The highest BCUT2D eigenvalue weighted by atomic mass is 32.2. The average molecular weight is 514 g/mol. The second-order valence-electron chi connectivity index (χ2n) is 7.30. The monoisotopic (exact) mass is 513 g/mol. The van der Waals surface area contributed by atoms with Crippen LogP contribution >= 0.6 is 11.3 Å². The van der Waals surface area contributed by atoms with Gasteiger partial charge in [0.15, 0.2) is 16.3 Å². The van der Waals surface area contributed by atoms with Gasteiger partial charge in [-0.15, -0.1) is 19.7 Å². The van der Waals surface area contributed by atoms with Gasteiger partial charge < -0.3 is 14.0 Å². The maximum Gasteiger partial charge on any atom is 0.279 e. The summed E-state index contributed by atoms with van der Waals surface area (Å²) in [4.78, 5) is 17.8. The minimum Gasteiger partial charge on any atom is -0.493 e. The Morgan fingerprint density at radius 1 is 1.03 bits per heavy atom. The molecule has 3 aromatic rings. The average Bonchev–Trinajstić information content (AvgIpc) is 3.18. The second-order valence-corrected chi connectivity index (χ2v) is 10.2. The predicted molar refractivity (Wildman–Crippen MR) is 139 cm³/mol. The summed E-state index contributed by atoms with van der Waals surface area (Å²) in [5, 5.41) is 0. The van der Waals surface area contributed by atoms with Crippen LogP contribution in [0.3, 0.4) is 0 Å². The molecule has 35 heavy (non-hydrogen) atoms. The van der Waals surface area contributed by atoms with Crippen LogP contribution in [-0.2, 0) is 16.6 Å². The third kappa shape index (κ3) is 5.45. The first-order valence-corrected chi connectivity index (χ1v) is 12.8. The zero-order chi connectivity index (χ0) is 25.6. The van der Waals surface area contributed by atoms with Crippen LogP contribution in [0.5, 0.6) is 11.5 Å². The van der Waals surface area contributed by atoms with Gasteiger partial charge in [-0.05, 0) is 24.3 Å². The molecular formula is C25H27N3O5S2. The lowest BCUT2D eigenvalue weighted by atomic mass is 10.2. The van der Waals surface area contributed by atoms with Gasteiger partial charge in [-0.2, -0.15) is 9.30 Å². The topological polar surface area (TPSA) is 90.2 Å². The molecule has 184 valence electrons. The lowest BCUT2D eigenvalue weighted by Gasteiger charge is -2.19. The van der Waals surface area contributed by atoms with E-state index in [2.05, 4.69) is 24.7 Å². The van der Waals surface area contributed by atoms with Crippen molar-refractivity contribution in [3.05, 3.63) is 84.7 Å². The molecule has 0 bridgehead atoms. The molecule has 0 fully saturated rings. The highest BCUT2D eigenvalue weighted by Crippen LogP contribution is 2.33. The van der Waals surface area contributed by atoms with Gasteiger partial charge >= 0.3 is 0 Å². The van der Waals surface area contributed by atoms with Crippen LogP contribution in [0.1, 0.15) is 10.4 Å². The Balaban J connectivity index is 2.01. The van der Waals surface area contributed by atoms with Crippen LogP contribution in [0.2, 0.25) is 0 Å². The number of carbonyl (C=O) groups is 1. The van der Waals surface area contributed by atoms with Crippen molar-refractivity contribution >= 4 is 37.5 Å². The van der Waals surface area contributed by atoms with Crippen molar-refractivity contribution in [1.29, 1.82) is 0 Å². The number of methoxy groups -OCH3 is 2. The van der Waals surface area contributed by atoms with Crippen LogP contribution in [0, 0.1) is 0 Å². The molecule has 1 heterocycles. The first-order chi connectivity index (χ1) is 16.8. The molecule has 10 heteroatoms. The minimum absolute atomic E-state index is 0.0699. The third-order valence-electron chi connectivity index (χ3n) is 5.10. The predicted octanol–water partition coefficient (Wildman–Crippen LogP) is 4.01. The van der Waals surface area contributed by atoms with Crippen LogP contribution < -0.4 is 14.3 Å². The van der Waals surface area contributed by atoms with Crippen LogP contribution in [0.25, 0.3) is 10.2 Å². The normalized spacial score (nSPS) is 12.0. The van der Waals surface area contributed by atoms with Gasteiger partial charge in [-0.3, -0.25) is 4.79 Å². The Hall–Kier alpha value is -3.47. The van der Waals surface area contributed by atoms with E-state index >= 15 is 0 Å². The van der Waals surface area contributed by atoms with E-state index in [4.69, 9.17) is 9.47 Å². The van der Waals surface area contributed by atoms with E-state index in [0.29, 0.717) is 22.8 Å². The van der Waals surface area contributed by atoms with Gasteiger partial charge in [-0.1, -0.05) is 29.6 Å². The molecule has 2 aromatic carbocycles. The Kier molecular flexibility index (Phi) is 8.44. The fourth-order valence-electron chi connectivity index (χ4n) is 3.42. The van der Waals surface area contributed by atoms with E-state index in [1.807, 2.05) is 16.7 Å². The summed E-state index contributed by atoms with van der Waals surface area (Å²) in [5.74, 6) is 0.641. The Morgan fingerprint density at radius 3 is 2.17 bits per heavy atom. The number of benzene rings is 2. The highest BCUT2D eigenvalue weighted by molar-refractivity contribution is 7.89. The SMILES string of the molecule is C=CCN(CC=C)S(=O)(=O)c1ccc(C(=O)N=c2sc3cc(OC)c(OC)cc3n2CC=C)cc1. The Morgan fingerprint density at radius 2 is 1.63 bits per heavy atom. The molecule has 8 nitrogen and oxygen atoms in total. The Labute approximate surface area is 208 Å². The van der Waals surface area contributed by atoms with Crippen molar-refractivity contribution < 1.29 is 22.7 Å². The van der Waals surface area contributed by atoms with Gasteiger partial charge in [0.25, 0.3) is 5.91 Å².